The largest absolute Gasteiger partial charge is 0.382 e. The summed E-state index contributed by atoms with van der Waals surface area (Å²) >= 11 is 0. The van der Waals surface area contributed by atoms with Gasteiger partial charge in [-0.15, -0.1) is 0 Å². The van der Waals surface area contributed by atoms with Crippen LogP contribution in [0, 0.1) is 0 Å². The van der Waals surface area contributed by atoms with Crippen LogP contribution in [0.15, 0.2) is 24.8 Å². The lowest BCUT2D eigenvalue weighted by Crippen LogP contribution is -2.38. The highest BCUT2D eigenvalue weighted by atomic mass is 16.2. The standard InChI is InChI=1S/C11H12N6O/c12-9-6-13-5-8(15-9)11(18)17-4-3-16-2-1-14-10(16)7-17/h1-2,5-6H,3-4,7H2,(H2,12,15). The Morgan fingerprint density at radius 3 is 3.06 bits per heavy atom. The normalized spacial score (nSPS) is 14.3. The average molecular weight is 244 g/mol. The minimum absolute atomic E-state index is 0.163. The van der Waals surface area contributed by atoms with Crippen LogP contribution in [-0.4, -0.2) is 36.9 Å². The van der Waals surface area contributed by atoms with E-state index in [0.717, 1.165) is 12.4 Å². The van der Waals surface area contributed by atoms with Crippen molar-refractivity contribution in [3.8, 4) is 0 Å². The minimum Gasteiger partial charge on any atom is -0.382 e. The molecule has 7 heteroatoms. The minimum atomic E-state index is -0.163. The maximum Gasteiger partial charge on any atom is 0.274 e. The van der Waals surface area contributed by atoms with E-state index in [1.165, 1.54) is 12.4 Å². The Balaban J connectivity index is 1.83. The van der Waals surface area contributed by atoms with Crippen molar-refractivity contribution in [2.24, 2.45) is 0 Å². The quantitative estimate of drug-likeness (QED) is 0.757. The third-order valence-electron chi connectivity index (χ3n) is 2.90. The Bertz CT molecular complexity index is 593. The summed E-state index contributed by atoms with van der Waals surface area (Å²) in [6.07, 6.45) is 6.50. The van der Waals surface area contributed by atoms with Gasteiger partial charge in [0.05, 0.1) is 18.9 Å². The van der Waals surface area contributed by atoms with Crippen LogP contribution in [-0.2, 0) is 13.1 Å². The molecule has 1 aliphatic rings. The Morgan fingerprint density at radius 2 is 2.22 bits per heavy atom. The number of rotatable bonds is 1. The fourth-order valence-corrected chi connectivity index (χ4v) is 1.99. The lowest BCUT2D eigenvalue weighted by atomic mass is 10.3. The molecule has 18 heavy (non-hydrogen) atoms. The molecule has 0 aliphatic carbocycles. The molecule has 0 saturated heterocycles. The second-order valence-electron chi connectivity index (χ2n) is 4.09. The second kappa shape index (κ2) is 4.10. The van der Waals surface area contributed by atoms with Crippen LogP contribution in [0.2, 0.25) is 0 Å². The number of nitrogen functional groups attached to an aromatic ring is 1. The highest BCUT2D eigenvalue weighted by molar-refractivity contribution is 5.92. The van der Waals surface area contributed by atoms with Crippen molar-refractivity contribution < 1.29 is 4.79 Å². The molecule has 1 aliphatic heterocycles. The van der Waals surface area contributed by atoms with Crippen LogP contribution < -0.4 is 5.73 Å². The van der Waals surface area contributed by atoms with Gasteiger partial charge in [-0.05, 0) is 0 Å². The molecule has 2 N–H and O–H groups in total. The van der Waals surface area contributed by atoms with Crippen molar-refractivity contribution in [3.63, 3.8) is 0 Å². The molecule has 2 aromatic heterocycles. The van der Waals surface area contributed by atoms with E-state index < -0.39 is 0 Å². The predicted octanol–water partition coefficient (Wildman–Crippen LogP) is -0.0887. The van der Waals surface area contributed by atoms with Crippen molar-refractivity contribution in [3.05, 3.63) is 36.3 Å². The number of aromatic nitrogens is 4. The van der Waals surface area contributed by atoms with Gasteiger partial charge >= 0.3 is 0 Å². The lowest BCUT2D eigenvalue weighted by molar-refractivity contribution is 0.0701. The van der Waals surface area contributed by atoms with Crippen LogP contribution in [0.25, 0.3) is 0 Å². The van der Waals surface area contributed by atoms with Crippen LogP contribution >= 0.6 is 0 Å². The molecule has 0 unspecified atom stereocenters. The van der Waals surface area contributed by atoms with Crippen LogP contribution in [0.5, 0.6) is 0 Å². The zero-order valence-electron chi connectivity index (χ0n) is 9.65. The molecular weight excluding hydrogens is 232 g/mol. The zero-order chi connectivity index (χ0) is 12.5. The van der Waals surface area contributed by atoms with Gasteiger partial charge in [0.1, 0.15) is 17.3 Å². The molecule has 3 heterocycles. The average Bonchev–Trinajstić information content (AvgIpc) is 2.85. The number of imidazole rings is 1. The van der Waals surface area contributed by atoms with Gasteiger partial charge in [0.15, 0.2) is 0 Å². The molecule has 0 saturated carbocycles. The SMILES string of the molecule is Nc1cncc(C(=O)N2CCn3ccnc3C2)n1. The van der Waals surface area contributed by atoms with E-state index in [1.54, 1.807) is 11.1 Å². The molecule has 0 radical (unpaired) electrons. The molecule has 0 atom stereocenters. The Kier molecular flexibility index (Phi) is 2.44. The van der Waals surface area contributed by atoms with E-state index in [-0.39, 0.29) is 17.4 Å². The van der Waals surface area contributed by atoms with E-state index in [2.05, 4.69) is 15.0 Å². The molecule has 1 amide bonds. The smallest absolute Gasteiger partial charge is 0.274 e. The Morgan fingerprint density at radius 1 is 1.33 bits per heavy atom. The van der Waals surface area contributed by atoms with E-state index >= 15 is 0 Å². The Labute approximate surface area is 103 Å². The van der Waals surface area contributed by atoms with Gasteiger partial charge in [0.2, 0.25) is 0 Å². The summed E-state index contributed by atoms with van der Waals surface area (Å²) in [5.41, 5.74) is 5.80. The maximum atomic E-state index is 12.2. The van der Waals surface area contributed by atoms with Gasteiger partial charge in [-0.1, -0.05) is 0 Å². The van der Waals surface area contributed by atoms with Crippen molar-refractivity contribution in [2.45, 2.75) is 13.1 Å². The van der Waals surface area contributed by atoms with E-state index in [9.17, 15) is 4.79 Å². The molecule has 3 rings (SSSR count). The fourth-order valence-electron chi connectivity index (χ4n) is 1.99. The molecule has 0 fully saturated rings. The third-order valence-corrected chi connectivity index (χ3v) is 2.90. The number of carbonyl (C=O) groups excluding carboxylic acids is 1. The van der Waals surface area contributed by atoms with Gasteiger partial charge in [0.25, 0.3) is 5.91 Å². The number of hydrogen-bond acceptors (Lipinski definition) is 5. The number of carbonyl (C=O) groups is 1. The van der Waals surface area contributed by atoms with E-state index in [1.807, 2.05) is 10.8 Å². The summed E-state index contributed by atoms with van der Waals surface area (Å²) in [5, 5.41) is 0. The molecule has 0 bridgehead atoms. The van der Waals surface area contributed by atoms with Crippen LogP contribution in [0.4, 0.5) is 5.82 Å². The highest BCUT2D eigenvalue weighted by Gasteiger charge is 2.23. The summed E-state index contributed by atoms with van der Waals surface area (Å²) < 4.78 is 2.04. The molecule has 0 aromatic carbocycles. The summed E-state index contributed by atoms with van der Waals surface area (Å²) in [6.45, 7) is 1.87. The zero-order valence-corrected chi connectivity index (χ0v) is 9.65. The first-order valence-electron chi connectivity index (χ1n) is 5.61. The molecule has 0 spiro atoms. The first-order chi connectivity index (χ1) is 8.74. The highest BCUT2D eigenvalue weighted by Crippen LogP contribution is 2.13. The second-order valence-corrected chi connectivity index (χ2v) is 4.09. The number of amides is 1. The number of hydrogen-bond donors (Lipinski definition) is 1. The number of anilines is 1. The van der Waals surface area contributed by atoms with E-state index in [0.29, 0.717) is 13.1 Å². The van der Waals surface area contributed by atoms with Gasteiger partial charge < -0.3 is 15.2 Å². The predicted molar refractivity (Wildman–Crippen MR) is 63.4 cm³/mol. The first-order valence-corrected chi connectivity index (χ1v) is 5.61. The summed E-state index contributed by atoms with van der Waals surface area (Å²) in [4.78, 5) is 26.0. The van der Waals surface area contributed by atoms with Crippen LogP contribution in [0.1, 0.15) is 16.3 Å². The van der Waals surface area contributed by atoms with Crippen molar-refractivity contribution in [1.82, 2.24) is 24.4 Å². The van der Waals surface area contributed by atoms with Gasteiger partial charge in [-0.3, -0.25) is 9.78 Å². The maximum absolute atomic E-state index is 12.2. The van der Waals surface area contributed by atoms with Crippen molar-refractivity contribution in [1.29, 1.82) is 0 Å². The lowest BCUT2D eigenvalue weighted by Gasteiger charge is -2.27. The summed E-state index contributed by atoms with van der Waals surface area (Å²) in [7, 11) is 0. The molecular formula is C11H12N6O. The fraction of sp³-hybridized carbons (Fsp3) is 0.273. The van der Waals surface area contributed by atoms with Crippen molar-refractivity contribution >= 4 is 11.7 Å². The van der Waals surface area contributed by atoms with Crippen LogP contribution in [0.3, 0.4) is 0 Å². The number of nitrogens with zero attached hydrogens (tertiary/aromatic N) is 5. The van der Waals surface area contributed by atoms with Gasteiger partial charge in [-0.2, -0.15) is 0 Å². The number of fused-ring (bicyclic) bond motifs is 1. The molecule has 7 nitrogen and oxygen atoms in total. The molecule has 2 aromatic rings. The summed E-state index contributed by atoms with van der Waals surface area (Å²) in [6, 6.07) is 0. The van der Waals surface area contributed by atoms with Gasteiger partial charge in [0, 0.05) is 25.5 Å². The third kappa shape index (κ3) is 1.79. The monoisotopic (exact) mass is 244 g/mol. The Hall–Kier alpha value is -2.44. The summed E-state index contributed by atoms with van der Waals surface area (Å²) in [5.74, 6) is 0.967. The van der Waals surface area contributed by atoms with Crippen molar-refractivity contribution in [2.75, 3.05) is 12.3 Å². The molecule has 92 valence electrons. The van der Waals surface area contributed by atoms with E-state index in [4.69, 9.17) is 5.73 Å². The topological polar surface area (TPSA) is 89.9 Å². The van der Waals surface area contributed by atoms with Gasteiger partial charge in [-0.25, -0.2) is 9.97 Å². The first kappa shape index (κ1) is 10.7. The number of nitrogens with two attached hydrogens (primary N) is 1.